The molecule has 3 aromatic rings. The molecular formula is C26H30N8O4S2. The number of aromatic nitrogens is 5. The molecule has 4 rings (SSSR count). The number of hydrogen-bond donors (Lipinski definition) is 2. The summed E-state index contributed by atoms with van der Waals surface area (Å²) in [6, 6.07) is 3.52. The van der Waals surface area contributed by atoms with Crippen LogP contribution in [0.5, 0.6) is 5.88 Å². The maximum atomic E-state index is 12.4. The second kappa shape index (κ2) is 13.8. The lowest BCUT2D eigenvalue weighted by atomic mass is 10.1. The van der Waals surface area contributed by atoms with Crippen LogP contribution in [0.25, 0.3) is 0 Å². The van der Waals surface area contributed by atoms with E-state index in [0.29, 0.717) is 22.0 Å². The Bertz CT molecular complexity index is 1400. The van der Waals surface area contributed by atoms with Crippen LogP contribution in [0.1, 0.15) is 60.0 Å². The molecule has 0 radical (unpaired) electrons. The maximum absolute atomic E-state index is 12.4. The SMILES string of the molecule is C=N/C(=C\C=C(/C)CC(=O)Nc1nnc([C@H]2CC[C@H](c3nnc(NC(=O)Cc4ccc(OC)nc4)s3)C2)s1)OC. The predicted octanol–water partition coefficient (Wildman–Crippen LogP) is 4.49. The Hall–Kier alpha value is -4.04. The number of aliphatic imine (C=N–C) groups is 1. The largest absolute Gasteiger partial charge is 0.481 e. The third kappa shape index (κ3) is 7.99. The Balaban J connectivity index is 1.26. The van der Waals surface area contributed by atoms with Gasteiger partial charge in [0.25, 0.3) is 0 Å². The van der Waals surface area contributed by atoms with E-state index in [2.05, 4.69) is 47.7 Å². The minimum atomic E-state index is -0.182. The number of pyridine rings is 1. The second-order valence-electron chi connectivity index (χ2n) is 9.14. The average molecular weight is 583 g/mol. The first kappa shape index (κ1) is 29.0. The van der Waals surface area contributed by atoms with Gasteiger partial charge in [0.1, 0.15) is 10.0 Å². The van der Waals surface area contributed by atoms with Crippen molar-refractivity contribution in [3.05, 3.63) is 57.5 Å². The first-order valence-electron chi connectivity index (χ1n) is 12.5. The van der Waals surface area contributed by atoms with Gasteiger partial charge in [-0.05, 0) is 38.5 Å². The fourth-order valence-corrected chi connectivity index (χ4v) is 6.00. The summed E-state index contributed by atoms with van der Waals surface area (Å²) < 4.78 is 10.1. The van der Waals surface area contributed by atoms with Gasteiger partial charge >= 0.3 is 0 Å². The van der Waals surface area contributed by atoms with Gasteiger partial charge in [0.2, 0.25) is 33.8 Å². The van der Waals surface area contributed by atoms with E-state index in [1.54, 1.807) is 37.6 Å². The van der Waals surface area contributed by atoms with Gasteiger partial charge in [-0.2, -0.15) is 0 Å². The topological polar surface area (TPSA) is 153 Å². The van der Waals surface area contributed by atoms with Crippen LogP contribution in [-0.2, 0) is 20.7 Å². The number of methoxy groups -OCH3 is 2. The number of allylic oxidation sites excluding steroid dienone is 2. The summed E-state index contributed by atoms with van der Waals surface area (Å²) in [6.45, 7) is 5.27. The van der Waals surface area contributed by atoms with E-state index in [-0.39, 0.29) is 36.5 Å². The Kier molecular flexibility index (Phi) is 10.0. The molecule has 40 heavy (non-hydrogen) atoms. The molecule has 14 heteroatoms. The molecule has 1 aliphatic rings. The summed E-state index contributed by atoms with van der Waals surface area (Å²) in [7, 11) is 3.05. The van der Waals surface area contributed by atoms with Crippen LogP contribution in [0, 0.1) is 0 Å². The van der Waals surface area contributed by atoms with E-state index in [1.807, 2.05) is 6.92 Å². The van der Waals surface area contributed by atoms with Gasteiger partial charge in [-0.3, -0.25) is 9.59 Å². The van der Waals surface area contributed by atoms with Crippen LogP contribution in [0.4, 0.5) is 10.3 Å². The number of nitrogens with one attached hydrogen (secondary N) is 2. The summed E-state index contributed by atoms with van der Waals surface area (Å²) in [5.74, 6) is 0.967. The minimum Gasteiger partial charge on any atom is -0.481 e. The zero-order valence-electron chi connectivity index (χ0n) is 22.4. The minimum absolute atomic E-state index is 0.175. The Morgan fingerprint density at radius 3 is 2.23 bits per heavy atom. The molecule has 3 heterocycles. The predicted molar refractivity (Wildman–Crippen MR) is 154 cm³/mol. The van der Waals surface area contributed by atoms with Gasteiger partial charge in [-0.1, -0.05) is 40.4 Å². The van der Waals surface area contributed by atoms with Gasteiger partial charge < -0.3 is 20.1 Å². The van der Waals surface area contributed by atoms with Crippen molar-refractivity contribution < 1.29 is 19.1 Å². The molecule has 1 fully saturated rings. The smallest absolute Gasteiger partial charge is 0.230 e. The summed E-state index contributed by atoms with van der Waals surface area (Å²) in [4.78, 5) is 32.7. The molecule has 2 atom stereocenters. The number of amides is 2. The van der Waals surface area contributed by atoms with E-state index < -0.39 is 0 Å². The highest BCUT2D eigenvalue weighted by molar-refractivity contribution is 7.15. The standard InChI is InChI=1S/C26H30N8O4S2/c1-15(5-9-21(27-2)37-3)11-19(35)29-25-33-31-23(39-25)17-7-8-18(13-17)24-32-34-26(40-24)30-20(36)12-16-6-10-22(38-4)28-14-16/h5-6,9-10,14,17-18H,2,7-8,11-13H2,1,3-4H3,(H,29,33,35)(H,30,34,36)/b15-5+,21-9+/t17-,18-/m0/s1. The van der Waals surface area contributed by atoms with Crippen LogP contribution >= 0.6 is 22.7 Å². The lowest BCUT2D eigenvalue weighted by molar-refractivity contribution is -0.116. The summed E-state index contributed by atoms with van der Waals surface area (Å²) >= 11 is 2.79. The van der Waals surface area contributed by atoms with Crippen molar-refractivity contribution in [3.8, 4) is 5.88 Å². The number of nitrogens with zero attached hydrogens (tertiary/aromatic N) is 6. The van der Waals surface area contributed by atoms with Crippen molar-refractivity contribution in [3.63, 3.8) is 0 Å². The molecule has 0 aromatic carbocycles. The highest BCUT2D eigenvalue weighted by atomic mass is 32.1. The summed E-state index contributed by atoms with van der Waals surface area (Å²) in [5.41, 5.74) is 1.62. The van der Waals surface area contributed by atoms with Crippen molar-refractivity contribution in [2.24, 2.45) is 4.99 Å². The number of rotatable bonds is 12. The third-order valence-electron chi connectivity index (χ3n) is 6.19. The zero-order valence-corrected chi connectivity index (χ0v) is 24.0. The number of carbonyl (C=O) groups is 2. The molecule has 1 saturated carbocycles. The molecular weight excluding hydrogens is 552 g/mol. The quantitative estimate of drug-likeness (QED) is 0.179. The third-order valence-corrected chi connectivity index (χ3v) is 8.19. The number of ether oxygens (including phenoxy) is 2. The van der Waals surface area contributed by atoms with Crippen LogP contribution < -0.4 is 15.4 Å². The maximum Gasteiger partial charge on any atom is 0.230 e. The normalized spacial score (nSPS) is 17.4. The molecule has 0 aliphatic heterocycles. The van der Waals surface area contributed by atoms with Crippen molar-refractivity contribution >= 4 is 51.5 Å². The summed E-state index contributed by atoms with van der Waals surface area (Å²) in [5, 5.41) is 25.4. The highest BCUT2D eigenvalue weighted by Gasteiger charge is 2.32. The Morgan fingerprint density at radius 2 is 1.68 bits per heavy atom. The van der Waals surface area contributed by atoms with Gasteiger partial charge in [-0.25, -0.2) is 9.98 Å². The van der Waals surface area contributed by atoms with Crippen molar-refractivity contribution in [1.82, 2.24) is 25.4 Å². The molecule has 210 valence electrons. The Morgan fingerprint density at radius 1 is 1.02 bits per heavy atom. The lowest BCUT2D eigenvalue weighted by Gasteiger charge is -2.05. The highest BCUT2D eigenvalue weighted by Crippen LogP contribution is 2.45. The van der Waals surface area contributed by atoms with Gasteiger partial charge in [-0.15, -0.1) is 20.4 Å². The molecule has 0 saturated heterocycles. The average Bonchev–Trinajstić information content (AvgIpc) is 3.71. The number of carbonyl (C=O) groups excluding carboxylic acids is 2. The van der Waals surface area contributed by atoms with E-state index in [4.69, 9.17) is 9.47 Å². The molecule has 0 spiro atoms. The molecule has 0 unspecified atom stereocenters. The second-order valence-corrected chi connectivity index (χ2v) is 11.2. The van der Waals surface area contributed by atoms with Crippen molar-refractivity contribution in [2.45, 2.75) is 50.9 Å². The van der Waals surface area contributed by atoms with E-state index >= 15 is 0 Å². The fourth-order valence-electron chi connectivity index (χ4n) is 4.19. The van der Waals surface area contributed by atoms with Crippen LogP contribution in [0.15, 0.2) is 46.9 Å². The van der Waals surface area contributed by atoms with E-state index in [9.17, 15) is 9.59 Å². The molecule has 0 bridgehead atoms. The lowest BCUT2D eigenvalue weighted by Crippen LogP contribution is -2.14. The van der Waals surface area contributed by atoms with Crippen LogP contribution in [0.3, 0.4) is 0 Å². The Labute approximate surface area is 239 Å². The van der Waals surface area contributed by atoms with E-state index in [0.717, 1.165) is 40.4 Å². The molecule has 2 N–H and O–H groups in total. The van der Waals surface area contributed by atoms with E-state index in [1.165, 1.54) is 29.8 Å². The molecule has 2 amide bonds. The molecule has 12 nitrogen and oxygen atoms in total. The van der Waals surface area contributed by atoms with Gasteiger partial charge in [0.05, 0.1) is 20.6 Å². The molecule has 1 aliphatic carbocycles. The van der Waals surface area contributed by atoms with Crippen LogP contribution in [0.2, 0.25) is 0 Å². The van der Waals surface area contributed by atoms with Gasteiger partial charge in [0, 0.05) is 36.6 Å². The summed E-state index contributed by atoms with van der Waals surface area (Å²) in [6.07, 6.45) is 8.16. The zero-order chi connectivity index (χ0) is 28.5. The molecule has 3 aromatic heterocycles. The van der Waals surface area contributed by atoms with Crippen molar-refractivity contribution in [2.75, 3.05) is 24.9 Å². The van der Waals surface area contributed by atoms with Crippen molar-refractivity contribution in [1.29, 1.82) is 0 Å². The first-order valence-corrected chi connectivity index (χ1v) is 14.1. The number of anilines is 2. The van der Waals surface area contributed by atoms with Gasteiger partial charge in [0.15, 0.2) is 0 Å². The number of hydrogen-bond acceptors (Lipinski definition) is 12. The van der Waals surface area contributed by atoms with Crippen LogP contribution in [-0.4, -0.2) is 58.1 Å². The first-order chi connectivity index (χ1) is 19.4. The fraction of sp³-hybridized carbons (Fsp3) is 0.385. The monoisotopic (exact) mass is 582 g/mol.